The lowest BCUT2D eigenvalue weighted by molar-refractivity contribution is -0.139. The first-order valence-electron chi connectivity index (χ1n) is 6.47. The Hall–Kier alpha value is 0.0900. The third kappa shape index (κ3) is 2.17. The normalized spacial score (nSPS) is 39.2. The quantitative estimate of drug-likeness (QED) is 0.841. The summed E-state index contributed by atoms with van der Waals surface area (Å²) < 4.78 is 10.4. The molecule has 2 saturated heterocycles. The van der Waals surface area contributed by atoms with Gasteiger partial charge in [0.25, 0.3) is 0 Å². The van der Waals surface area contributed by atoms with Crippen molar-refractivity contribution in [2.24, 2.45) is 5.92 Å². The van der Waals surface area contributed by atoms with Gasteiger partial charge in [0.15, 0.2) is 4.08 Å². The summed E-state index contributed by atoms with van der Waals surface area (Å²) in [6.45, 7) is 0.377. The van der Waals surface area contributed by atoms with Crippen LogP contribution in [0.1, 0.15) is 25.7 Å². The van der Waals surface area contributed by atoms with E-state index in [2.05, 4.69) is 0 Å². The maximum Gasteiger partial charge on any atom is 0.330 e. The number of carboxylic acids is 1. The maximum absolute atomic E-state index is 11.8. The highest BCUT2D eigenvalue weighted by atomic mass is 32.2. The monoisotopic (exact) mass is 290 g/mol. The molecule has 0 amide bonds. The minimum absolute atomic E-state index is 0.114. The van der Waals surface area contributed by atoms with Gasteiger partial charge in [-0.2, -0.15) is 0 Å². The van der Waals surface area contributed by atoms with Crippen LogP contribution in [0.4, 0.5) is 0 Å². The highest BCUT2D eigenvalue weighted by Crippen LogP contribution is 2.53. The van der Waals surface area contributed by atoms with E-state index in [0.29, 0.717) is 6.79 Å². The summed E-state index contributed by atoms with van der Waals surface area (Å²) in [4.78, 5) is 11.8. The zero-order valence-corrected chi connectivity index (χ0v) is 11.8. The minimum atomic E-state index is -0.653. The molecule has 3 fully saturated rings. The molecule has 0 radical (unpaired) electrons. The number of rotatable bonds is 2. The average Bonchev–Trinajstić information content (AvgIpc) is 2.86. The summed E-state index contributed by atoms with van der Waals surface area (Å²) in [5.74, 6) is 1.47. The number of carbonyl (C=O) groups is 1. The Labute approximate surface area is 115 Å². The van der Waals surface area contributed by atoms with Gasteiger partial charge in [0.05, 0.1) is 12.2 Å². The van der Waals surface area contributed by atoms with Gasteiger partial charge in [0, 0.05) is 0 Å². The molecule has 6 heteroatoms. The molecule has 0 aromatic carbocycles. The topological polar surface area (TPSA) is 55.8 Å². The van der Waals surface area contributed by atoms with Crippen LogP contribution in [0, 0.1) is 5.92 Å². The molecule has 0 bridgehead atoms. The fourth-order valence-corrected chi connectivity index (χ4v) is 6.46. The lowest BCUT2D eigenvalue weighted by Crippen LogP contribution is -2.47. The number of fused-ring (bicyclic) bond motifs is 1. The Kier molecular flexibility index (Phi) is 3.80. The number of hydrogen-bond acceptors (Lipinski definition) is 5. The van der Waals surface area contributed by atoms with E-state index in [1.165, 1.54) is 0 Å². The smallest absolute Gasteiger partial charge is 0.330 e. The van der Waals surface area contributed by atoms with Crippen LogP contribution in [0.3, 0.4) is 0 Å². The molecule has 3 atom stereocenters. The molecule has 3 aliphatic rings. The van der Waals surface area contributed by atoms with Gasteiger partial charge >= 0.3 is 5.97 Å². The van der Waals surface area contributed by atoms with Gasteiger partial charge < -0.3 is 14.6 Å². The molecule has 0 spiro atoms. The highest BCUT2D eigenvalue weighted by Gasteiger charge is 2.52. The van der Waals surface area contributed by atoms with Crippen molar-refractivity contribution in [3.05, 3.63) is 0 Å². The van der Waals surface area contributed by atoms with Gasteiger partial charge in [-0.15, -0.1) is 23.5 Å². The lowest BCUT2D eigenvalue weighted by atomic mass is 9.83. The molecule has 18 heavy (non-hydrogen) atoms. The summed E-state index contributed by atoms with van der Waals surface area (Å²) in [6.07, 6.45) is 4.14. The number of hydrogen-bond donors (Lipinski definition) is 1. The molecule has 2 aliphatic heterocycles. The van der Waals surface area contributed by atoms with Crippen LogP contribution < -0.4 is 0 Å². The Morgan fingerprint density at radius 2 is 1.89 bits per heavy atom. The van der Waals surface area contributed by atoms with E-state index in [1.807, 2.05) is 0 Å². The predicted octanol–water partition coefficient (Wildman–Crippen LogP) is 2.18. The fraction of sp³-hybridized carbons (Fsp3) is 0.917. The summed E-state index contributed by atoms with van der Waals surface area (Å²) >= 11 is 3.25. The molecule has 1 saturated carbocycles. The average molecular weight is 290 g/mol. The summed E-state index contributed by atoms with van der Waals surface area (Å²) in [7, 11) is 0. The SMILES string of the molecule is O=C(O)C1([C@H]2CC[C@H]3OCO[C@@H]3C2)SCCCS1. The first kappa shape index (κ1) is 13.1. The minimum Gasteiger partial charge on any atom is -0.480 e. The first-order valence-corrected chi connectivity index (χ1v) is 8.44. The molecule has 1 aliphatic carbocycles. The molecule has 2 heterocycles. The van der Waals surface area contributed by atoms with Gasteiger partial charge in [-0.25, -0.2) is 4.79 Å². The fourth-order valence-electron chi connectivity index (χ4n) is 3.11. The van der Waals surface area contributed by atoms with E-state index in [4.69, 9.17) is 9.47 Å². The zero-order chi connectivity index (χ0) is 12.6. The Morgan fingerprint density at radius 3 is 2.61 bits per heavy atom. The summed E-state index contributed by atoms with van der Waals surface area (Å²) in [5.41, 5.74) is 0. The van der Waals surface area contributed by atoms with Crippen molar-refractivity contribution in [2.75, 3.05) is 18.3 Å². The van der Waals surface area contributed by atoms with E-state index < -0.39 is 10.0 Å². The van der Waals surface area contributed by atoms with Gasteiger partial charge in [0.1, 0.15) is 6.79 Å². The van der Waals surface area contributed by atoms with Crippen molar-refractivity contribution < 1.29 is 19.4 Å². The second-order valence-electron chi connectivity index (χ2n) is 5.06. The van der Waals surface area contributed by atoms with Crippen molar-refractivity contribution in [3.63, 3.8) is 0 Å². The van der Waals surface area contributed by atoms with Crippen LogP contribution >= 0.6 is 23.5 Å². The first-order chi connectivity index (χ1) is 8.72. The molecule has 4 nitrogen and oxygen atoms in total. The summed E-state index contributed by atoms with van der Waals surface area (Å²) in [6, 6.07) is 0. The van der Waals surface area contributed by atoms with Gasteiger partial charge in [-0.3, -0.25) is 0 Å². The number of aliphatic carboxylic acids is 1. The van der Waals surface area contributed by atoms with Crippen LogP contribution in [0.5, 0.6) is 0 Å². The third-order valence-corrected chi connectivity index (χ3v) is 7.62. The van der Waals surface area contributed by atoms with Crippen LogP contribution in [-0.4, -0.2) is 45.7 Å². The molecule has 0 aromatic heterocycles. The number of ether oxygens (including phenoxy) is 2. The molecule has 102 valence electrons. The predicted molar refractivity (Wildman–Crippen MR) is 71.9 cm³/mol. The van der Waals surface area contributed by atoms with Crippen molar-refractivity contribution in [3.8, 4) is 0 Å². The van der Waals surface area contributed by atoms with Gasteiger partial charge in [-0.1, -0.05) is 0 Å². The standard InChI is InChI=1S/C12H18O4S2/c13-11(14)12(17-4-1-5-18-12)8-2-3-9-10(6-8)16-7-15-9/h8-10H,1-7H2,(H,13,14)/t8-,9+,10+/m0/s1. The van der Waals surface area contributed by atoms with Crippen LogP contribution in [0.2, 0.25) is 0 Å². The van der Waals surface area contributed by atoms with Crippen LogP contribution in [0.15, 0.2) is 0 Å². The van der Waals surface area contributed by atoms with Gasteiger partial charge in [0.2, 0.25) is 0 Å². The zero-order valence-electron chi connectivity index (χ0n) is 10.2. The van der Waals surface area contributed by atoms with E-state index in [1.54, 1.807) is 23.5 Å². The number of thioether (sulfide) groups is 2. The van der Waals surface area contributed by atoms with Crippen molar-refractivity contribution >= 4 is 29.5 Å². The van der Waals surface area contributed by atoms with E-state index in [9.17, 15) is 9.90 Å². The van der Waals surface area contributed by atoms with Crippen LogP contribution in [-0.2, 0) is 14.3 Å². The molecular weight excluding hydrogens is 272 g/mol. The second kappa shape index (κ2) is 5.23. The molecular formula is C12H18O4S2. The third-order valence-electron chi connectivity index (χ3n) is 4.05. The maximum atomic E-state index is 11.8. The lowest BCUT2D eigenvalue weighted by Gasteiger charge is -2.42. The Balaban J connectivity index is 1.76. The van der Waals surface area contributed by atoms with E-state index in [0.717, 1.165) is 37.2 Å². The second-order valence-corrected chi connectivity index (χ2v) is 8.00. The van der Waals surface area contributed by atoms with E-state index in [-0.39, 0.29) is 18.1 Å². The van der Waals surface area contributed by atoms with Crippen molar-refractivity contribution in [1.82, 2.24) is 0 Å². The van der Waals surface area contributed by atoms with Crippen molar-refractivity contribution in [1.29, 1.82) is 0 Å². The largest absolute Gasteiger partial charge is 0.480 e. The molecule has 0 aromatic rings. The number of carboxylic acid groups (broad SMARTS) is 1. The molecule has 0 unspecified atom stereocenters. The Bertz CT molecular complexity index is 330. The highest BCUT2D eigenvalue weighted by molar-refractivity contribution is 8.19. The molecule has 3 rings (SSSR count). The van der Waals surface area contributed by atoms with E-state index >= 15 is 0 Å². The van der Waals surface area contributed by atoms with Crippen LogP contribution in [0.25, 0.3) is 0 Å². The van der Waals surface area contributed by atoms with Crippen molar-refractivity contribution in [2.45, 2.75) is 42.0 Å². The van der Waals surface area contributed by atoms with Gasteiger partial charge in [-0.05, 0) is 43.1 Å². The summed E-state index contributed by atoms with van der Waals surface area (Å²) in [5, 5.41) is 9.67. The Morgan fingerprint density at radius 1 is 1.17 bits per heavy atom. The molecule has 1 N–H and O–H groups in total.